The van der Waals surface area contributed by atoms with Gasteiger partial charge in [-0.25, -0.2) is 0 Å². The minimum absolute atomic E-state index is 0.208. The van der Waals surface area contributed by atoms with Crippen molar-refractivity contribution in [1.82, 2.24) is 0 Å². The minimum Gasteiger partial charge on any atom is -0.466 e. The first-order valence-electron chi connectivity index (χ1n) is 7.19. The van der Waals surface area contributed by atoms with E-state index in [9.17, 15) is 14.7 Å². The van der Waals surface area contributed by atoms with Gasteiger partial charge in [0.05, 0.1) is 25.2 Å². The Balaban J connectivity index is 2.37. The highest BCUT2D eigenvalue weighted by Gasteiger charge is 2.45. The third-order valence-electron chi connectivity index (χ3n) is 3.74. The first-order chi connectivity index (χ1) is 10.1. The molecule has 0 spiro atoms. The quantitative estimate of drug-likeness (QED) is 0.854. The van der Waals surface area contributed by atoms with Crippen LogP contribution in [0.5, 0.6) is 0 Å². The van der Waals surface area contributed by atoms with Crippen LogP contribution >= 0.6 is 0 Å². The molecule has 0 heterocycles. The predicted molar refractivity (Wildman–Crippen MR) is 75.4 cm³/mol. The van der Waals surface area contributed by atoms with Crippen molar-refractivity contribution in [1.29, 1.82) is 0 Å². The second kappa shape index (κ2) is 6.72. The van der Waals surface area contributed by atoms with Crippen LogP contribution in [0.15, 0.2) is 24.3 Å². The molecule has 0 bridgehead atoms. The van der Waals surface area contributed by atoms with Gasteiger partial charge in [-0.1, -0.05) is 24.3 Å². The van der Waals surface area contributed by atoms with E-state index in [2.05, 4.69) is 0 Å². The fourth-order valence-electron chi connectivity index (χ4n) is 2.80. The molecule has 21 heavy (non-hydrogen) atoms. The molecule has 2 rings (SSSR count). The van der Waals surface area contributed by atoms with Crippen molar-refractivity contribution in [3.8, 4) is 0 Å². The van der Waals surface area contributed by atoms with Crippen LogP contribution in [0.1, 0.15) is 31.1 Å². The van der Waals surface area contributed by atoms with E-state index in [-0.39, 0.29) is 13.2 Å². The van der Waals surface area contributed by atoms with Crippen molar-refractivity contribution in [2.75, 3.05) is 13.2 Å². The fraction of sp³-hybridized carbons (Fsp3) is 0.500. The van der Waals surface area contributed by atoms with E-state index in [1.807, 2.05) is 12.1 Å². The second-order valence-electron chi connectivity index (χ2n) is 4.98. The van der Waals surface area contributed by atoms with Crippen LogP contribution in [0.2, 0.25) is 0 Å². The van der Waals surface area contributed by atoms with Gasteiger partial charge in [0.1, 0.15) is 5.92 Å². The van der Waals surface area contributed by atoms with Crippen LogP contribution in [-0.2, 0) is 25.5 Å². The molecule has 3 atom stereocenters. The van der Waals surface area contributed by atoms with Crippen LogP contribution in [0.4, 0.5) is 0 Å². The summed E-state index contributed by atoms with van der Waals surface area (Å²) in [6.45, 7) is 3.85. The largest absolute Gasteiger partial charge is 0.466 e. The molecule has 1 aromatic rings. The Kier molecular flexibility index (Phi) is 4.96. The summed E-state index contributed by atoms with van der Waals surface area (Å²) in [6, 6.07) is 7.27. The van der Waals surface area contributed by atoms with Crippen LogP contribution in [-0.4, -0.2) is 30.3 Å². The van der Waals surface area contributed by atoms with E-state index in [4.69, 9.17) is 9.47 Å². The Hall–Kier alpha value is -1.88. The number of aliphatic hydroxyl groups excluding tert-OH is 1. The number of benzene rings is 1. The number of carbonyl (C=O) groups excluding carboxylic acids is 2. The van der Waals surface area contributed by atoms with Crippen LogP contribution in [0, 0.1) is 11.8 Å². The van der Waals surface area contributed by atoms with Gasteiger partial charge >= 0.3 is 11.9 Å². The molecule has 5 nitrogen and oxygen atoms in total. The number of hydrogen-bond acceptors (Lipinski definition) is 5. The third kappa shape index (κ3) is 3.08. The van der Waals surface area contributed by atoms with Crippen molar-refractivity contribution < 1.29 is 24.2 Å². The van der Waals surface area contributed by atoms with Gasteiger partial charge in [0, 0.05) is 0 Å². The van der Waals surface area contributed by atoms with Crippen molar-refractivity contribution >= 4 is 11.9 Å². The molecule has 0 amide bonds. The van der Waals surface area contributed by atoms with Gasteiger partial charge in [-0.05, 0) is 31.4 Å². The van der Waals surface area contributed by atoms with Gasteiger partial charge in [-0.3, -0.25) is 9.59 Å². The second-order valence-corrected chi connectivity index (χ2v) is 4.98. The molecule has 1 aliphatic rings. The van der Waals surface area contributed by atoms with Crippen molar-refractivity contribution in [3.63, 3.8) is 0 Å². The Morgan fingerprint density at radius 1 is 1.14 bits per heavy atom. The maximum atomic E-state index is 12.1. The first-order valence-corrected chi connectivity index (χ1v) is 7.19. The molecule has 0 unspecified atom stereocenters. The van der Waals surface area contributed by atoms with E-state index in [0.717, 1.165) is 5.56 Å². The van der Waals surface area contributed by atoms with Gasteiger partial charge in [-0.15, -0.1) is 0 Å². The monoisotopic (exact) mass is 292 g/mol. The Labute approximate surface area is 123 Å². The highest BCUT2D eigenvalue weighted by molar-refractivity contribution is 5.84. The average Bonchev–Trinajstić information content (AvgIpc) is 2.47. The summed E-state index contributed by atoms with van der Waals surface area (Å²) >= 11 is 0. The molecular formula is C16H20O5. The van der Waals surface area contributed by atoms with Crippen molar-refractivity contribution in [3.05, 3.63) is 35.4 Å². The number of aliphatic hydroxyl groups is 1. The zero-order chi connectivity index (χ0) is 15.4. The fourth-order valence-corrected chi connectivity index (χ4v) is 2.80. The normalized spacial score (nSPS) is 24.0. The topological polar surface area (TPSA) is 72.8 Å². The number of carbonyl (C=O) groups is 2. The lowest BCUT2D eigenvalue weighted by Crippen LogP contribution is -2.41. The summed E-state index contributed by atoms with van der Waals surface area (Å²) in [5.41, 5.74) is 1.54. The molecule has 0 fully saturated rings. The smallest absolute Gasteiger partial charge is 0.312 e. The van der Waals surface area contributed by atoms with Crippen LogP contribution in [0.3, 0.4) is 0 Å². The summed E-state index contributed by atoms with van der Waals surface area (Å²) in [6.07, 6.45) is -0.682. The first kappa shape index (κ1) is 15.5. The van der Waals surface area contributed by atoms with Gasteiger partial charge < -0.3 is 14.6 Å². The van der Waals surface area contributed by atoms with Crippen molar-refractivity contribution in [2.24, 2.45) is 11.8 Å². The molecule has 0 saturated heterocycles. The zero-order valence-corrected chi connectivity index (χ0v) is 12.2. The molecule has 1 aromatic carbocycles. The Morgan fingerprint density at radius 3 is 2.43 bits per heavy atom. The predicted octanol–water partition coefficient (Wildman–Crippen LogP) is 1.63. The summed E-state index contributed by atoms with van der Waals surface area (Å²) < 4.78 is 10.1. The number of ether oxygens (including phenoxy) is 2. The molecule has 0 radical (unpaired) electrons. The molecule has 0 aromatic heterocycles. The van der Waals surface area contributed by atoms with E-state index < -0.39 is 29.9 Å². The van der Waals surface area contributed by atoms with Gasteiger partial charge in [0.25, 0.3) is 0 Å². The summed E-state index contributed by atoms with van der Waals surface area (Å²) in [5.74, 6) is -2.66. The number of esters is 2. The lowest BCUT2D eigenvalue weighted by atomic mass is 9.74. The SMILES string of the molecule is CCOC(=O)[C@@H]1[C@H](O)c2ccccc2C[C@H]1C(=O)OCC. The standard InChI is InChI=1S/C16H20O5/c1-3-20-15(18)12-9-10-7-5-6-8-11(10)14(17)13(12)16(19)21-4-2/h5-8,12-14,17H,3-4,9H2,1-2H3/t12-,13+,14-/m1/s1. The van der Waals surface area contributed by atoms with Gasteiger partial charge in [0.2, 0.25) is 0 Å². The minimum atomic E-state index is -1.05. The maximum absolute atomic E-state index is 12.1. The number of hydrogen-bond donors (Lipinski definition) is 1. The third-order valence-corrected chi connectivity index (χ3v) is 3.74. The van der Waals surface area contributed by atoms with Crippen LogP contribution < -0.4 is 0 Å². The summed E-state index contributed by atoms with van der Waals surface area (Å²) in [4.78, 5) is 24.3. The molecule has 114 valence electrons. The molecule has 0 saturated carbocycles. The summed E-state index contributed by atoms with van der Waals surface area (Å²) in [5, 5.41) is 10.5. The lowest BCUT2D eigenvalue weighted by molar-refractivity contribution is -0.166. The lowest BCUT2D eigenvalue weighted by Gasteiger charge is -2.34. The molecule has 1 N–H and O–H groups in total. The van der Waals surface area contributed by atoms with Crippen molar-refractivity contribution in [2.45, 2.75) is 26.4 Å². The van der Waals surface area contributed by atoms with E-state index in [0.29, 0.717) is 12.0 Å². The van der Waals surface area contributed by atoms with Crippen LogP contribution in [0.25, 0.3) is 0 Å². The highest BCUT2D eigenvalue weighted by atomic mass is 16.5. The maximum Gasteiger partial charge on any atom is 0.312 e. The zero-order valence-electron chi connectivity index (χ0n) is 12.2. The summed E-state index contributed by atoms with van der Waals surface area (Å²) in [7, 11) is 0. The van der Waals surface area contributed by atoms with Gasteiger partial charge in [0.15, 0.2) is 0 Å². The van der Waals surface area contributed by atoms with E-state index in [1.54, 1.807) is 26.0 Å². The Bertz CT molecular complexity index is 525. The molecule has 1 aliphatic carbocycles. The molecule has 0 aliphatic heterocycles. The Morgan fingerprint density at radius 2 is 1.76 bits per heavy atom. The molecular weight excluding hydrogens is 272 g/mol. The highest BCUT2D eigenvalue weighted by Crippen LogP contribution is 2.39. The van der Waals surface area contributed by atoms with E-state index >= 15 is 0 Å². The van der Waals surface area contributed by atoms with E-state index in [1.165, 1.54) is 0 Å². The molecule has 5 heteroatoms. The number of fused-ring (bicyclic) bond motifs is 1. The average molecular weight is 292 g/mol. The number of rotatable bonds is 4. The van der Waals surface area contributed by atoms with Gasteiger partial charge in [-0.2, -0.15) is 0 Å².